The van der Waals surface area contributed by atoms with E-state index in [0.29, 0.717) is 22.6 Å². The van der Waals surface area contributed by atoms with Gasteiger partial charge in [-0.1, -0.05) is 41.9 Å². The van der Waals surface area contributed by atoms with Crippen LogP contribution < -0.4 is 16.0 Å². The van der Waals surface area contributed by atoms with E-state index in [0.717, 1.165) is 66.6 Å². The molecule has 0 unspecified atom stereocenters. The van der Waals surface area contributed by atoms with Crippen LogP contribution in [-0.2, 0) is 4.79 Å². The Labute approximate surface area is 240 Å². The number of hydrogen-bond donors (Lipinski definition) is 4. The van der Waals surface area contributed by atoms with Crippen LogP contribution in [-0.4, -0.2) is 59.0 Å². The number of carbonyl (C=O) groups is 1. The van der Waals surface area contributed by atoms with Crippen molar-refractivity contribution in [2.75, 3.05) is 37.8 Å². The second kappa shape index (κ2) is 13.0. The van der Waals surface area contributed by atoms with Crippen LogP contribution in [0.15, 0.2) is 73.1 Å². The number of amides is 1. The third-order valence-electron chi connectivity index (χ3n) is 7.23. The molecule has 1 aliphatic rings. The average Bonchev–Trinajstić information content (AvgIpc) is 3.38. The van der Waals surface area contributed by atoms with Gasteiger partial charge in [-0.05, 0) is 70.0 Å². The molecular formula is C31H36ClN7O. The van der Waals surface area contributed by atoms with E-state index in [1.807, 2.05) is 61.6 Å². The Morgan fingerprint density at radius 1 is 1.10 bits per heavy atom. The number of nitrogens with one attached hydrogen (secondary N) is 4. The van der Waals surface area contributed by atoms with Crippen LogP contribution >= 0.6 is 11.6 Å². The number of carbonyl (C=O) groups excluding carboxylic acids is 1. The zero-order valence-corrected chi connectivity index (χ0v) is 23.7. The fraction of sp³-hybridized carbons (Fsp3) is 0.323. The first-order valence-corrected chi connectivity index (χ1v) is 14.1. The second-order valence-corrected chi connectivity index (χ2v) is 11.0. The Morgan fingerprint density at radius 3 is 2.73 bits per heavy atom. The van der Waals surface area contributed by atoms with Crippen LogP contribution in [0.25, 0.3) is 22.2 Å². The molecule has 2 aromatic carbocycles. The van der Waals surface area contributed by atoms with E-state index >= 15 is 0 Å². The lowest BCUT2D eigenvalue weighted by Gasteiger charge is -2.29. The summed E-state index contributed by atoms with van der Waals surface area (Å²) in [6.07, 6.45) is 11.3. The maximum atomic E-state index is 12.1. The van der Waals surface area contributed by atoms with E-state index in [2.05, 4.69) is 44.1 Å². The van der Waals surface area contributed by atoms with E-state index in [1.165, 1.54) is 0 Å². The molecule has 9 heteroatoms. The van der Waals surface area contributed by atoms with Gasteiger partial charge in [0.2, 0.25) is 11.9 Å². The van der Waals surface area contributed by atoms with Gasteiger partial charge in [0.15, 0.2) is 0 Å². The summed E-state index contributed by atoms with van der Waals surface area (Å²) in [5.74, 6) is 1.07. The molecule has 0 radical (unpaired) electrons. The summed E-state index contributed by atoms with van der Waals surface area (Å²) in [5, 5.41) is 11.6. The minimum atomic E-state index is 0.00554. The molecule has 1 amide bonds. The van der Waals surface area contributed by atoms with Crippen LogP contribution in [0.2, 0.25) is 5.02 Å². The van der Waals surface area contributed by atoms with Gasteiger partial charge in [-0.3, -0.25) is 4.79 Å². The van der Waals surface area contributed by atoms with Gasteiger partial charge < -0.3 is 25.8 Å². The molecule has 1 saturated carbocycles. The molecule has 208 valence electrons. The third kappa shape index (κ3) is 7.20. The van der Waals surface area contributed by atoms with E-state index in [4.69, 9.17) is 16.6 Å². The van der Waals surface area contributed by atoms with Crippen LogP contribution in [0, 0.1) is 5.92 Å². The Balaban J connectivity index is 1.14. The van der Waals surface area contributed by atoms with E-state index in [1.54, 1.807) is 12.3 Å². The predicted molar refractivity (Wildman–Crippen MR) is 164 cm³/mol. The first-order chi connectivity index (χ1) is 19.4. The fourth-order valence-corrected chi connectivity index (χ4v) is 5.31. The molecule has 0 spiro atoms. The van der Waals surface area contributed by atoms with Gasteiger partial charge in [0, 0.05) is 59.2 Å². The number of hydrogen-bond acceptors (Lipinski definition) is 6. The number of nitrogens with zero attached hydrogens (tertiary/aromatic N) is 3. The van der Waals surface area contributed by atoms with Crippen molar-refractivity contribution in [2.45, 2.75) is 31.7 Å². The van der Waals surface area contributed by atoms with Crippen LogP contribution in [0.1, 0.15) is 25.7 Å². The molecular weight excluding hydrogens is 522 g/mol. The Kier molecular flexibility index (Phi) is 8.98. The molecule has 4 aromatic rings. The van der Waals surface area contributed by atoms with Crippen molar-refractivity contribution in [1.82, 2.24) is 25.2 Å². The van der Waals surface area contributed by atoms with Crippen molar-refractivity contribution >= 4 is 45.7 Å². The lowest BCUT2D eigenvalue weighted by Crippen LogP contribution is -2.37. The number of fused-ring (bicyclic) bond motifs is 1. The summed E-state index contributed by atoms with van der Waals surface area (Å²) in [6.45, 7) is 1.66. The van der Waals surface area contributed by atoms with Gasteiger partial charge >= 0.3 is 0 Å². The highest BCUT2D eigenvalue weighted by molar-refractivity contribution is 6.33. The Bertz CT molecular complexity index is 1470. The molecule has 0 bridgehead atoms. The SMILES string of the molecule is CN(C)C/C=C/C(=O)NC1CCC(CNc2cccc(Nc3ncc(Cl)c(-c4c[nH]c5ccccc45)n3)c2)CC1. The zero-order valence-electron chi connectivity index (χ0n) is 23.0. The lowest BCUT2D eigenvalue weighted by molar-refractivity contribution is -0.117. The summed E-state index contributed by atoms with van der Waals surface area (Å²) in [5.41, 5.74) is 4.59. The molecule has 2 aromatic heterocycles. The molecule has 4 N–H and O–H groups in total. The molecule has 40 heavy (non-hydrogen) atoms. The highest BCUT2D eigenvalue weighted by atomic mass is 35.5. The summed E-state index contributed by atoms with van der Waals surface area (Å²) < 4.78 is 0. The molecule has 8 nitrogen and oxygen atoms in total. The normalized spacial score (nSPS) is 17.4. The number of para-hydroxylation sites is 1. The maximum Gasteiger partial charge on any atom is 0.243 e. The smallest absolute Gasteiger partial charge is 0.243 e. The first kappa shape index (κ1) is 27.7. The van der Waals surface area contributed by atoms with Crippen molar-refractivity contribution in [3.63, 3.8) is 0 Å². The largest absolute Gasteiger partial charge is 0.385 e. The quantitative estimate of drug-likeness (QED) is 0.173. The molecule has 0 atom stereocenters. The molecule has 1 fully saturated rings. The Hall–Kier alpha value is -3.88. The second-order valence-electron chi connectivity index (χ2n) is 10.6. The van der Waals surface area contributed by atoms with Gasteiger partial charge in [-0.15, -0.1) is 0 Å². The topological polar surface area (TPSA) is 98.0 Å². The van der Waals surface area contributed by atoms with Gasteiger partial charge in [0.25, 0.3) is 0 Å². The van der Waals surface area contributed by atoms with Crippen LogP contribution in [0.4, 0.5) is 17.3 Å². The maximum absolute atomic E-state index is 12.1. The highest BCUT2D eigenvalue weighted by Gasteiger charge is 2.22. The molecule has 5 rings (SSSR count). The molecule has 0 aliphatic heterocycles. The Morgan fingerprint density at radius 2 is 1.90 bits per heavy atom. The van der Waals surface area contributed by atoms with Gasteiger partial charge in [-0.2, -0.15) is 0 Å². The van der Waals surface area contributed by atoms with E-state index in [-0.39, 0.29) is 11.9 Å². The number of likely N-dealkylation sites (N-methyl/N-ethyl adjacent to an activating group) is 1. The summed E-state index contributed by atoms with van der Waals surface area (Å²) in [4.78, 5) is 26.6. The number of anilines is 3. The number of rotatable bonds is 10. The monoisotopic (exact) mass is 557 g/mol. The van der Waals surface area contributed by atoms with Crippen molar-refractivity contribution in [3.05, 3.63) is 78.1 Å². The predicted octanol–water partition coefficient (Wildman–Crippen LogP) is 6.23. The minimum absolute atomic E-state index is 0.00554. The molecule has 2 heterocycles. The summed E-state index contributed by atoms with van der Waals surface area (Å²) in [7, 11) is 3.97. The average molecular weight is 558 g/mol. The third-order valence-corrected chi connectivity index (χ3v) is 7.51. The van der Waals surface area contributed by atoms with Crippen molar-refractivity contribution < 1.29 is 4.79 Å². The fourth-order valence-electron chi connectivity index (χ4n) is 5.11. The van der Waals surface area contributed by atoms with Gasteiger partial charge in [0.1, 0.15) is 0 Å². The number of aromatic nitrogens is 3. The number of aromatic amines is 1. The van der Waals surface area contributed by atoms with Crippen molar-refractivity contribution in [1.29, 1.82) is 0 Å². The van der Waals surface area contributed by atoms with Crippen molar-refractivity contribution in [3.8, 4) is 11.3 Å². The number of halogens is 1. The van der Waals surface area contributed by atoms with E-state index < -0.39 is 0 Å². The van der Waals surface area contributed by atoms with Crippen LogP contribution in [0.5, 0.6) is 0 Å². The van der Waals surface area contributed by atoms with E-state index in [9.17, 15) is 4.79 Å². The summed E-state index contributed by atoms with van der Waals surface area (Å²) in [6, 6.07) is 16.5. The zero-order chi connectivity index (χ0) is 27.9. The van der Waals surface area contributed by atoms with Crippen LogP contribution in [0.3, 0.4) is 0 Å². The summed E-state index contributed by atoms with van der Waals surface area (Å²) >= 11 is 6.49. The molecule has 0 saturated heterocycles. The highest BCUT2D eigenvalue weighted by Crippen LogP contribution is 2.33. The molecule has 1 aliphatic carbocycles. The standard InChI is InChI=1S/C31H36ClN7O/c1-39(2)16-6-11-29(40)36-22-14-12-21(13-15-22)18-33-23-7-5-8-24(17-23)37-31-35-20-27(32)30(38-31)26-19-34-28-10-4-3-9-25(26)28/h3-11,17,19-22,33-34H,12-16,18H2,1-2H3,(H,36,40)(H,35,37,38)/b11-6+. The number of H-pyrrole nitrogens is 1. The lowest BCUT2D eigenvalue weighted by atomic mass is 9.86. The van der Waals surface area contributed by atoms with Gasteiger partial charge in [-0.25, -0.2) is 9.97 Å². The number of benzene rings is 2. The first-order valence-electron chi connectivity index (χ1n) is 13.8. The van der Waals surface area contributed by atoms with Gasteiger partial charge in [0.05, 0.1) is 16.9 Å². The minimum Gasteiger partial charge on any atom is -0.385 e. The van der Waals surface area contributed by atoms with Crippen molar-refractivity contribution in [2.24, 2.45) is 5.92 Å².